The predicted molar refractivity (Wildman–Crippen MR) is 116 cm³/mol. The lowest BCUT2D eigenvalue weighted by Gasteiger charge is -2.09. The highest BCUT2D eigenvalue weighted by Gasteiger charge is 2.29. The average Bonchev–Trinajstić information content (AvgIpc) is 3.52. The summed E-state index contributed by atoms with van der Waals surface area (Å²) in [5.41, 5.74) is 0.668. The van der Waals surface area contributed by atoms with Crippen molar-refractivity contribution in [2.75, 3.05) is 17.6 Å². The summed E-state index contributed by atoms with van der Waals surface area (Å²) in [7, 11) is 0. The Kier molecular flexibility index (Phi) is 7.03. The minimum atomic E-state index is -0.264. The number of anilines is 1. The highest BCUT2D eigenvalue weighted by molar-refractivity contribution is 7.99. The van der Waals surface area contributed by atoms with Gasteiger partial charge in [0, 0.05) is 23.0 Å². The van der Waals surface area contributed by atoms with Crippen molar-refractivity contribution >= 4 is 23.5 Å². The van der Waals surface area contributed by atoms with Crippen LogP contribution < -0.4 is 15.4 Å². The summed E-state index contributed by atoms with van der Waals surface area (Å²) < 4.78 is 23.7. The van der Waals surface area contributed by atoms with Gasteiger partial charge in [0.2, 0.25) is 11.7 Å². The number of hydrogen-bond donors (Lipinski definition) is 2. The molecule has 0 aliphatic heterocycles. The lowest BCUT2D eigenvalue weighted by molar-refractivity contribution is 0.252. The molecule has 0 saturated heterocycles. The predicted octanol–water partition coefficient (Wildman–Crippen LogP) is 4.97. The molecule has 1 saturated carbocycles. The molecule has 7 nitrogen and oxygen atoms in total. The van der Waals surface area contributed by atoms with Gasteiger partial charge in [0.05, 0.1) is 0 Å². The van der Waals surface area contributed by atoms with E-state index in [0.717, 1.165) is 29.9 Å². The highest BCUT2D eigenvalue weighted by Crippen LogP contribution is 2.38. The number of carbonyl (C=O) groups is 1. The van der Waals surface area contributed by atoms with Gasteiger partial charge in [-0.15, -0.1) is 11.8 Å². The summed E-state index contributed by atoms with van der Waals surface area (Å²) >= 11 is 1.63. The van der Waals surface area contributed by atoms with Gasteiger partial charge in [-0.2, -0.15) is 4.98 Å². The molecule has 2 N–H and O–H groups in total. The van der Waals surface area contributed by atoms with Crippen molar-refractivity contribution in [1.82, 2.24) is 15.5 Å². The van der Waals surface area contributed by atoms with Crippen molar-refractivity contribution < 1.29 is 18.4 Å². The van der Waals surface area contributed by atoms with Crippen LogP contribution in [0.3, 0.4) is 0 Å². The Balaban J connectivity index is 1.12. The van der Waals surface area contributed by atoms with Crippen molar-refractivity contribution in [2.24, 2.45) is 0 Å². The Bertz CT molecular complexity index is 991. The molecule has 0 radical (unpaired) electrons. The number of urea groups is 1. The van der Waals surface area contributed by atoms with E-state index >= 15 is 0 Å². The standard InChI is InChI=1S/C22H23FN4O3S/c23-16-4-10-19(11-5-16)31-13-1-12-24-22(28)25-17-6-8-18(9-7-17)29-14-20-26-21(30-27-20)15-2-3-15/h4-11,15H,1-3,12-14H2,(H2,24,25,28). The molecule has 0 spiro atoms. The number of rotatable bonds is 10. The van der Waals surface area contributed by atoms with E-state index in [0.29, 0.717) is 35.6 Å². The fourth-order valence-electron chi connectivity index (χ4n) is 2.77. The molecule has 2 aromatic carbocycles. The zero-order valence-corrected chi connectivity index (χ0v) is 17.7. The third-order valence-electron chi connectivity index (χ3n) is 4.58. The molecule has 1 fully saturated rings. The number of carbonyl (C=O) groups excluding carboxylic acids is 1. The van der Waals surface area contributed by atoms with Gasteiger partial charge >= 0.3 is 6.03 Å². The molecule has 2 amide bonds. The van der Waals surface area contributed by atoms with E-state index in [1.54, 1.807) is 48.2 Å². The number of nitrogens with zero attached hydrogens (tertiary/aromatic N) is 2. The molecule has 162 valence electrons. The molecule has 0 atom stereocenters. The zero-order valence-electron chi connectivity index (χ0n) is 16.8. The number of hydrogen-bond acceptors (Lipinski definition) is 6. The van der Waals surface area contributed by atoms with Crippen LogP contribution in [0.2, 0.25) is 0 Å². The van der Waals surface area contributed by atoms with Gasteiger partial charge < -0.3 is 19.9 Å². The zero-order chi connectivity index (χ0) is 21.5. The molecule has 1 heterocycles. The molecular formula is C22H23FN4O3S. The quantitative estimate of drug-likeness (QED) is 0.340. The van der Waals surface area contributed by atoms with E-state index in [1.807, 2.05) is 0 Å². The van der Waals surface area contributed by atoms with Gasteiger partial charge in [-0.3, -0.25) is 0 Å². The minimum Gasteiger partial charge on any atom is -0.485 e. The average molecular weight is 443 g/mol. The Hall–Kier alpha value is -3.07. The summed E-state index contributed by atoms with van der Waals surface area (Å²) in [6.45, 7) is 0.786. The van der Waals surface area contributed by atoms with Gasteiger partial charge in [-0.1, -0.05) is 5.16 Å². The van der Waals surface area contributed by atoms with E-state index < -0.39 is 0 Å². The first-order chi connectivity index (χ1) is 15.2. The second-order valence-electron chi connectivity index (χ2n) is 7.17. The van der Waals surface area contributed by atoms with Gasteiger partial charge in [0.15, 0.2) is 6.61 Å². The lowest BCUT2D eigenvalue weighted by atomic mass is 10.3. The van der Waals surface area contributed by atoms with E-state index in [4.69, 9.17) is 9.26 Å². The summed E-state index contributed by atoms with van der Waals surface area (Å²) in [5.74, 6) is 2.89. The number of amides is 2. The monoisotopic (exact) mass is 442 g/mol. The maximum Gasteiger partial charge on any atom is 0.319 e. The van der Waals surface area contributed by atoms with E-state index in [-0.39, 0.29) is 18.5 Å². The molecule has 1 aromatic heterocycles. The van der Waals surface area contributed by atoms with E-state index in [1.165, 1.54) is 12.1 Å². The maximum atomic E-state index is 12.9. The lowest BCUT2D eigenvalue weighted by Crippen LogP contribution is -2.29. The summed E-state index contributed by atoms with van der Waals surface area (Å²) in [5, 5.41) is 9.53. The molecule has 9 heteroatoms. The molecule has 1 aliphatic rings. The first-order valence-electron chi connectivity index (χ1n) is 10.1. The largest absolute Gasteiger partial charge is 0.485 e. The molecule has 4 rings (SSSR count). The van der Waals surface area contributed by atoms with Crippen LogP contribution in [0.15, 0.2) is 57.9 Å². The van der Waals surface area contributed by atoms with Crippen LogP contribution in [0.4, 0.5) is 14.9 Å². The normalized spacial score (nSPS) is 13.1. The Morgan fingerprint density at radius 1 is 1.16 bits per heavy atom. The topological polar surface area (TPSA) is 89.3 Å². The molecule has 0 bridgehead atoms. The Morgan fingerprint density at radius 2 is 1.94 bits per heavy atom. The van der Waals surface area contributed by atoms with Crippen LogP contribution in [-0.4, -0.2) is 28.5 Å². The smallest absolute Gasteiger partial charge is 0.319 e. The maximum absolute atomic E-state index is 12.9. The summed E-state index contributed by atoms with van der Waals surface area (Å²) in [4.78, 5) is 17.3. The summed E-state index contributed by atoms with van der Waals surface area (Å²) in [6.07, 6.45) is 3.03. The Morgan fingerprint density at radius 3 is 2.68 bits per heavy atom. The van der Waals surface area contributed by atoms with Crippen molar-refractivity contribution in [3.63, 3.8) is 0 Å². The number of thioether (sulfide) groups is 1. The molecule has 0 unspecified atom stereocenters. The number of ether oxygens (including phenoxy) is 1. The third-order valence-corrected chi connectivity index (χ3v) is 5.68. The molecule has 1 aliphatic carbocycles. The number of aromatic nitrogens is 2. The molecule has 31 heavy (non-hydrogen) atoms. The number of halogens is 1. The second-order valence-corrected chi connectivity index (χ2v) is 8.34. The van der Waals surface area contributed by atoms with Crippen LogP contribution in [-0.2, 0) is 6.61 Å². The van der Waals surface area contributed by atoms with Crippen LogP contribution in [0.25, 0.3) is 0 Å². The summed E-state index contributed by atoms with van der Waals surface area (Å²) in [6, 6.07) is 13.2. The number of nitrogens with one attached hydrogen (secondary N) is 2. The van der Waals surface area contributed by atoms with Crippen molar-refractivity contribution in [3.8, 4) is 5.75 Å². The number of benzene rings is 2. The fraction of sp³-hybridized carbons (Fsp3) is 0.318. The third kappa shape index (κ3) is 6.71. The molecule has 3 aromatic rings. The second kappa shape index (κ2) is 10.3. The van der Waals surface area contributed by atoms with Crippen LogP contribution in [0, 0.1) is 5.82 Å². The fourth-order valence-corrected chi connectivity index (χ4v) is 3.63. The van der Waals surface area contributed by atoms with E-state index in [2.05, 4.69) is 20.8 Å². The van der Waals surface area contributed by atoms with Crippen molar-refractivity contribution in [2.45, 2.75) is 36.7 Å². The van der Waals surface area contributed by atoms with Crippen molar-refractivity contribution in [3.05, 3.63) is 66.1 Å². The van der Waals surface area contributed by atoms with Gasteiger partial charge in [0.1, 0.15) is 11.6 Å². The van der Waals surface area contributed by atoms with E-state index in [9.17, 15) is 9.18 Å². The van der Waals surface area contributed by atoms with Crippen LogP contribution in [0.1, 0.15) is 36.9 Å². The van der Waals surface area contributed by atoms with Gasteiger partial charge in [-0.25, -0.2) is 9.18 Å². The first-order valence-corrected chi connectivity index (χ1v) is 11.1. The highest BCUT2D eigenvalue weighted by atomic mass is 32.2. The SMILES string of the molecule is O=C(NCCCSc1ccc(F)cc1)Nc1ccc(OCc2noc(C3CC3)n2)cc1. The Labute approximate surface area is 183 Å². The van der Waals surface area contributed by atoms with Crippen molar-refractivity contribution in [1.29, 1.82) is 0 Å². The van der Waals surface area contributed by atoms with Gasteiger partial charge in [0.25, 0.3) is 0 Å². The first kappa shape index (κ1) is 21.2. The minimum absolute atomic E-state index is 0.236. The van der Waals surface area contributed by atoms with Gasteiger partial charge in [-0.05, 0) is 73.5 Å². The van der Waals surface area contributed by atoms with Crippen LogP contribution >= 0.6 is 11.8 Å². The molecular weight excluding hydrogens is 419 g/mol. The van der Waals surface area contributed by atoms with Crippen LogP contribution in [0.5, 0.6) is 5.75 Å².